The van der Waals surface area contributed by atoms with Crippen molar-refractivity contribution in [2.24, 2.45) is 4.99 Å². The fourth-order valence-electron chi connectivity index (χ4n) is 3.07. The molecule has 0 bridgehead atoms. The molecular formula is C20H27N5O2. The smallest absolute Gasteiger partial charge is 0.244 e. The van der Waals surface area contributed by atoms with E-state index < -0.39 is 0 Å². The van der Waals surface area contributed by atoms with Crippen molar-refractivity contribution in [3.05, 3.63) is 52.7 Å². The number of hydrogen-bond acceptors (Lipinski definition) is 4. The van der Waals surface area contributed by atoms with Crippen molar-refractivity contribution in [3.63, 3.8) is 0 Å². The third-order valence-electron chi connectivity index (χ3n) is 4.68. The molecule has 0 saturated carbocycles. The number of fused-ring (bicyclic) bond motifs is 1. The molecular weight excluding hydrogens is 342 g/mol. The monoisotopic (exact) mass is 369 g/mol. The van der Waals surface area contributed by atoms with Gasteiger partial charge in [0.1, 0.15) is 12.3 Å². The van der Waals surface area contributed by atoms with Gasteiger partial charge in [-0.25, -0.2) is 9.98 Å². The van der Waals surface area contributed by atoms with Crippen LogP contribution in [0, 0.1) is 13.8 Å². The first-order valence-electron chi connectivity index (χ1n) is 9.36. The molecule has 7 heteroatoms. The second kappa shape index (κ2) is 8.70. The van der Waals surface area contributed by atoms with E-state index in [9.17, 15) is 4.79 Å². The van der Waals surface area contributed by atoms with Gasteiger partial charge in [0, 0.05) is 19.6 Å². The molecule has 1 aromatic heterocycles. The van der Waals surface area contributed by atoms with Crippen LogP contribution in [0.15, 0.2) is 33.7 Å². The first kappa shape index (κ1) is 18.9. The molecule has 1 aliphatic rings. The van der Waals surface area contributed by atoms with Gasteiger partial charge in [-0.05, 0) is 38.3 Å². The van der Waals surface area contributed by atoms with Gasteiger partial charge in [0.2, 0.25) is 11.8 Å². The number of carbonyl (C=O) groups excluding carboxylic acids is 1. The van der Waals surface area contributed by atoms with Gasteiger partial charge in [-0.1, -0.05) is 24.3 Å². The number of carbonyl (C=O) groups is 1. The summed E-state index contributed by atoms with van der Waals surface area (Å²) in [5, 5.41) is 6.31. The number of hydrogen-bond donors (Lipinski definition) is 2. The van der Waals surface area contributed by atoms with Crippen LogP contribution in [0.25, 0.3) is 0 Å². The Balaban J connectivity index is 1.57. The molecule has 27 heavy (non-hydrogen) atoms. The van der Waals surface area contributed by atoms with Gasteiger partial charge >= 0.3 is 0 Å². The van der Waals surface area contributed by atoms with Crippen molar-refractivity contribution in [1.82, 2.24) is 20.5 Å². The number of guanidine groups is 1. The van der Waals surface area contributed by atoms with Crippen molar-refractivity contribution in [1.29, 1.82) is 0 Å². The molecule has 1 aromatic carbocycles. The molecule has 144 valence electrons. The summed E-state index contributed by atoms with van der Waals surface area (Å²) in [6, 6.07) is 8.29. The Morgan fingerprint density at radius 2 is 2.04 bits per heavy atom. The minimum Gasteiger partial charge on any atom is -0.444 e. The van der Waals surface area contributed by atoms with Crippen LogP contribution in [-0.4, -0.2) is 41.4 Å². The highest BCUT2D eigenvalue weighted by Crippen LogP contribution is 2.18. The summed E-state index contributed by atoms with van der Waals surface area (Å²) in [7, 11) is 0. The van der Waals surface area contributed by atoms with Gasteiger partial charge < -0.3 is 20.0 Å². The third kappa shape index (κ3) is 4.87. The lowest BCUT2D eigenvalue weighted by Gasteiger charge is -2.28. The number of rotatable bonds is 5. The molecule has 0 aliphatic carbocycles. The Morgan fingerprint density at radius 3 is 2.74 bits per heavy atom. The number of oxazole rings is 1. The molecule has 2 N–H and O–H groups in total. The van der Waals surface area contributed by atoms with E-state index in [-0.39, 0.29) is 12.5 Å². The van der Waals surface area contributed by atoms with Gasteiger partial charge in [-0.15, -0.1) is 0 Å². The van der Waals surface area contributed by atoms with E-state index in [4.69, 9.17) is 4.42 Å². The Bertz CT molecular complexity index is 808. The lowest BCUT2D eigenvalue weighted by Crippen LogP contribution is -2.40. The number of aryl methyl sites for hydroxylation is 2. The normalized spacial score (nSPS) is 14.0. The highest BCUT2D eigenvalue weighted by molar-refractivity contribution is 5.85. The maximum Gasteiger partial charge on any atom is 0.244 e. The van der Waals surface area contributed by atoms with Gasteiger partial charge in [-0.2, -0.15) is 0 Å². The van der Waals surface area contributed by atoms with E-state index in [1.807, 2.05) is 37.8 Å². The van der Waals surface area contributed by atoms with Crippen molar-refractivity contribution in [2.75, 3.05) is 19.6 Å². The maximum absolute atomic E-state index is 12.6. The van der Waals surface area contributed by atoms with Crippen LogP contribution in [0.1, 0.15) is 35.4 Å². The lowest BCUT2D eigenvalue weighted by atomic mass is 10.00. The van der Waals surface area contributed by atoms with Crippen molar-refractivity contribution in [2.45, 2.75) is 40.3 Å². The van der Waals surface area contributed by atoms with E-state index in [1.165, 1.54) is 11.1 Å². The molecule has 0 unspecified atom stereocenters. The van der Waals surface area contributed by atoms with Gasteiger partial charge in [0.05, 0.1) is 12.2 Å². The van der Waals surface area contributed by atoms with Crippen LogP contribution in [0.4, 0.5) is 0 Å². The summed E-state index contributed by atoms with van der Waals surface area (Å²) in [5.41, 5.74) is 3.44. The second-order valence-electron chi connectivity index (χ2n) is 6.63. The summed E-state index contributed by atoms with van der Waals surface area (Å²) in [6.45, 7) is 8.43. The zero-order valence-corrected chi connectivity index (χ0v) is 16.2. The number of nitrogens with one attached hydrogen (secondary N) is 2. The van der Waals surface area contributed by atoms with Crippen LogP contribution in [0.2, 0.25) is 0 Å². The topological polar surface area (TPSA) is 82.8 Å². The third-order valence-corrected chi connectivity index (χ3v) is 4.68. The Morgan fingerprint density at radius 1 is 1.26 bits per heavy atom. The number of amides is 1. The van der Waals surface area contributed by atoms with Gasteiger partial charge in [0.15, 0.2) is 5.96 Å². The van der Waals surface area contributed by atoms with Crippen LogP contribution in [0.3, 0.4) is 0 Å². The second-order valence-corrected chi connectivity index (χ2v) is 6.63. The number of nitrogens with zero attached hydrogens (tertiary/aromatic N) is 3. The summed E-state index contributed by atoms with van der Waals surface area (Å²) in [5.74, 6) is 2.03. The fourth-order valence-corrected chi connectivity index (χ4v) is 3.07. The first-order valence-corrected chi connectivity index (χ1v) is 9.36. The Kier molecular flexibility index (Phi) is 6.11. The minimum absolute atomic E-state index is 0.0320. The summed E-state index contributed by atoms with van der Waals surface area (Å²) in [6.07, 6.45) is 0.896. The van der Waals surface area contributed by atoms with E-state index in [0.717, 1.165) is 24.4 Å². The molecule has 1 amide bonds. The molecule has 2 aromatic rings. The number of aliphatic imine (C=N–C) groups is 1. The van der Waals surface area contributed by atoms with Crippen molar-refractivity contribution < 1.29 is 9.21 Å². The van der Waals surface area contributed by atoms with Gasteiger partial charge in [0.25, 0.3) is 0 Å². The van der Waals surface area contributed by atoms with Crippen LogP contribution in [0.5, 0.6) is 0 Å². The molecule has 0 radical (unpaired) electrons. The number of benzene rings is 1. The van der Waals surface area contributed by atoms with E-state index in [0.29, 0.717) is 31.5 Å². The largest absolute Gasteiger partial charge is 0.444 e. The predicted octanol–water partition coefficient (Wildman–Crippen LogP) is 1.93. The fraction of sp³-hybridized carbons (Fsp3) is 0.450. The summed E-state index contributed by atoms with van der Waals surface area (Å²) in [4.78, 5) is 23.2. The Labute approximate surface area is 159 Å². The van der Waals surface area contributed by atoms with Crippen LogP contribution in [-0.2, 0) is 24.3 Å². The summed E-state index contributed by atoms with van der Waals surface area (Å²) >= 11 is 0. The number of aromatic nitrogens is 1. The highest BCUT2D eigenvalue weighted by atomic mass is 16.4. The average Bonchev–Trinajstić information content (AvgIpc) is 3.01. The SMILES string of the molecule is CCNC(=NCC(=O)N1CCc2ccccc2C1)NCc1nc(C)c(C)o1. The van der Waals surface area contributed by atoms with Crippen LogP contribution < -0.4 is 10.6 Å². The van der Waals surface area contributed by atoms with E-state index in [2.05, 4.69) is 32.7 Å². The minimum atomic E-state index is 0.0320. The van der Waals surface area contributed by atoms with E-state index >= 15 is 0 Å². The standard InChI is InChI=1S/C20H27N5O2/c1-4-21-20(22-11-18-24-14(2)15(3)27-18)23-12-19(26)25-10-9-16-7-5-6-8-17(16)13-25/h5-8H,4,9-13H2,1-3H3,(H2,21,22,23). The van der Waals surface area contributed by atoms with Crippen molar-refractivity contribution in [3.8, 4) is 0 Å². The predicted molar refractivity (Wildman–Crippen MR) is 104 cm³/mol. The zero-order valence-electron chi connectivity index (χ0n) is 16.2. The molecule has 0 fully saturated rings. The molecule has 7 nitrogen and oxygen atoms in total. The molecule has 1 aliphatic heterocycles. The molecule has 0 spiro atoms. The highest BCUT2D eigenvalue weighted by Gasteiger charge is 2.20. The molecule has 2 heterocycles. The lowest BCUT2D eigenvalue weighted by molar-refractivity contribution is -0.130. The average molecular weight is 369 g/mol. The molecule has 0 saturated heterocycles. The Hall–Kier alpha value is -2.83. The molecule has 0 atom stereocenters. The molecule has 3 rings (SSSR count). The first-order chi connectivity index (χ1) is 13.1. The summed E-state index contributed by atoms with van der Waals surface area (Å²) < 4.78 is 5.57. The zero-order chi connectivity index (χ0) is 19.2. The van der Waals surface area contributed by atoms with Crippen LogP contribution >= 0.6 is 0 Å². The maximum atomic E-state index is 12.6. The van der Waals surface area contributed by atoms with Crippen molar-refractivity contribution >= 4 is 11.9 Å². The van der Waals surface area contributed by atoms with E-state index in [1.54, 1.807) is 0 Å². The van der Waals surface area contributed by atoms with Gasteiger partial charge in [-0.3, -0.25) is 4.79 Å². The quantitative estimate of drug-likeness (QED) is 0.622.